The minimum absolute atomic E-state index is 0.145. The summed E-state index contributed by atoms with van der Waals surface area (Å²) < 4.78 is 16.3. The van der Waals surface area contributed by atoms with Crippen molar-refractivity contribution in [3.63, 3.8) is 0 Å². The fourth-order valence-electron chi connectivity index (χ4n) is 2.78. The lowest BCUT2D eigenvalue weighted by Gasteiger charge is -2.20. The van der Waals surface area contributed by atoms with Crippen molar-refractivity contribution < 1.29 is 14.2 Å². The second kappa shape index (κ2) is 5.66. The maximum Gasteiger partial charge on any atom is 0.161 e. The van der Waals surface area contributed by atoms with E-state index >= 15 is 0 Å². The van der Waals surface area contributed by atoms with Crippen molar-refractivity contribution in [2.24, 2.45) is 5.73 Å². The number of rotatable bonds is 4. The zero-order chi connectivity index (χ0) is 14.8. The summed E-state index contributed by atoms with van der Waals surface area (Å²) in [6.07, 6.45) is 0. The van der Waals surface area contributed by atoms with Crippen LogP contribution in [-0.4, -0.2) is 20.8 Å². The first-order valence-electron chi connectivity index (χ1n) is 6.94. The second-order valence-electron chi connectivity index (χ2n) is 5.10. The molecular formula is C17H19NO3. The molecule has 0 bridgehead atoms. The molecule has 0 spiro atoms. The maximum absolute atomic E-state index is 6.45. The smallest absolute Gasteiger partial charge is 0.161 e. The van der Waals surface area contributed by atoms with Crippen molar-refractivity contribution in [2.45, 2.75) is 12.0 Å². The number of hydrogen-bond donors (Lipinski definition) is 1. The summed E-state index contributed by atoms with van der Waals surface area (Å²) >= 11 is 0. The average molecular weight is 285 g/mol. The van der Waals surface area contributed by atoms with Gasteiger partial charge >= 0.3 is 0 Å². The molecule has 2 aromatic rings. The normalized spacial score (nSPS) is 17.8. The molecule has 0 aromatic heterocycles. The van der Waals surface area contributed by atoms with Gasteiger partial charge in [0, 0.05) is 17.5 Å². The van der Waals surface area contributed by atoms with E-state index < -0.39 is 0 Å². The van der Waals surface area contributed by atoms with Gasteiger partial charge < -0.3 is 19.9 Å². The fourth-order valence-corrected chi connectivity index (χ4v) is 2.78. The van der Waals surface area contributed by atoms with Gasteiger partial charge in [-0.05, 0) is 23.8 Å². The Morgan fingerprint density at radius 3 is 2.62 bits per heavy atom. The van der Waals surface area contributed by atoms with Gasteiger partial charge in [0.05, 0.1) is 20.8 Å². The zero-order valence-corrected chi connectivity index (χ0v) is 12.2. The first-order chi connectivity index (χ1) is 10.2. The molecule has 0 fully saturated rings. The summed E-state index contributed by atoms with van der Waals surface area (Å²) in [6, 6.07) is 13.7. The molecule has 0 amide bonds. The first kappa shape index (κ1) is 13.8. The highest BCUT2D eigenvalue weighted by atomic mass is 16.5. The summed E-state index contributed by atoms with van der Waals surface area (Å²) in [6.45, 7) is 0.606. The standard InChI is InChI=1S/C17H19NO3/c1-19-15-8-7-11(9-16(15)20-2)17(18)13-10-21-14-6-4-3-5-12(13)14/h3-9,13,17H,10,18H2,1-2H3. The third kappa shape index (κ3) is 2.43. The number of ether oxygens (including phenoxy) is 3. The third-order valence-electron chi connectivity index (χ3n) is 3.96. The molecule has 2 N–H and O–H groups in total. The van der Waals surface area contributed by atoms with Crippen LogP contribution in [0.4, 0.5) is 0 Å². The number of benzene rings is 2. The molecule has 0 saturated heterocycles. The van der Waals surface area contributed by atoms with Gasteiger partial charge in [0.2, 0.25) is 0 Å². The molecule has 0 aliphatic carbocycles. The van der Waals surface area contributed by atoms with Crippen molar-refractivity contribution in [1.29, 1.82) is 0 Å². The fraction of sp³-hybridized carbons (Fsp3) is 0.294. The van der Waals surface area contributed by atoms with Crippen LogP contribution < -0.4 is 19.9 Å². The Morgan fingerprint density at radius 1 is 1.10 bits per heavy atom. The minimum atomic E-state index is -0.145. The van der Waals surface area contributed by atoms with Gasteiger partial charge in [0.25, 0.3) is 0 Å². The quantitative estimate of drug-likeness (QED) is 0.938. The van der Waals surface area contributed by atoms with E-state index in [9.17, 15) is 0 Å². The average Bonchev–Trinajstić information content (AvgIpc) is 2.97. The Bertz CT molecular complexity index is 642. The molecule has 1 aliphatic heterocycles. The molecule has 0 radical (unpaired) electrons. The van der Waals surface area contributed by atoms with Crippen molar-refractivity contribution in [2.75, 3.05) is 20.8 Å². The van der Waals surface area contributed by atoms with E-state index in [0.29, 0.717) is 18.1 Å². The highest BCUT2D eigenvalue weighted by Gasteiger charge is 2.30. The van der Waals surface area contributed by atoms with E-state index in [1.54, 1.807) is 14.2 Å². The van der Waals surface area contributed by atoms with Crippen LogP contribution in [-0.2, 0) is 0 Å². The second-order valence-corrected chi connectivity index (χ2v) is 5.10. The van der Waals surface area contributed by atoms with E-state index in [4.69, 9.17) is 19.9 Å². The minimum Gasteiger partial charge on any atom is -0.493 e. The number of hydrogen-bond acceptors (Lipinski definition) is 4. The summed E-state index contributed by atoms with van der Waals surface area (Å²) in [5, 5.41) is 0. The Labute approximate surface area is 124 Å². The molecule has 4 heteroatoms. The number of methoxy groups -OCH3 is 2. The Balaban J connectivity index is 1.91. The van der Waals surface area contributed by atoms with E-state index in [2.05, 4.69) is 6.07 Å². The largest absolute Gasteiger partial charge is 0.493 e. The molecule has 110 valence electrons. The topological polar surface area (TPSA) is 53.7 Å². The van der Waals surface area contributed by atoms with Crippen LogP contribution in [0.25, 0.3) is 0 Å². The lowest BCUT2D eigenvalue weighted by atomic mass is 9.89. The van der Waals surface area contributed by atoms with Crippen LogP contribution >= 0.6 is 0 Å². The summed E-state index contributed by atoms with van der Waals surface area (Å²) in [4.78, 5) is 0. The molecule has 4 nitrogen and oxygen atoms in total. The maximum atomic E-state index is 6.45. The number of para-hydroxylation sites is 1. The highest BCUT2D eigenvalue weighted by Crippen LogP contribution is 2.41. The van der Waals surface area contributed by atoms with Crippen LogP contribution in [0.15, 0.2) is 42.5 Å². The highest BCUT2D eigenvalue weighted by molar-refractivity contribution is 5.46. The van der Waals surface area contributed by atoms with Crippen molar-refractivity contribution >= 4 is 0 Å². The summed E-state index contributed by atoms with van der Waals surface area (Å²) in [5.41, 5.74) is 8.63. The van der Waals surface area contributed by atoms with E-state index in [1.807, 2.05) is 36.4 Å². The molecule has 2 atom stereocenters. The van der Waals surface area contributed by atoms with E-state index in [-0.39, 0.29) is 12.0 Å². The molecule has 1 heterocycles. The predicted octanol–water partition coefficient (Wildman–Crippen LogP) is 2.88. The van der Waals surface area contributed by atoms with Gasteiger partial charge in [-0.15, -0.1) is 0 Å². The SMILES string of the molecule is COc1ccc(C(N)C2COc3ccccc32)cc1OC. The van der Waals surface area contributed by atoms with Crippen LogP contribution in [0.2, 0.25) is 0 Å². The van der Waals surface area contributed by atoms with Gasteiger partial charge in [-0.1, -0.05) is 24.3 Å². The number of nitrogens with two attached hydrogens (primary N) is 1. The van der Waals surface area contributed by atoms with E-state index in [1.165, 1.54) is 5.56 Å². The molecule has 2 aromatic carbocycles. The molecule has 1 aliphatic rings. The summed E-state index contributed by atoms with van der Waals surface area (Å²) in [7, 11) is 3.25. The molecular weight excluding hydrogens is 266 g/mol. The Hall–Kier alpha value is -2.20. The van der Waals surface area contributed by atoms with Gasteiger partial charge in [-0.2, -0.15) is 0 Å². The van der Waals surface area contributed by atoms with Crippen LogP contribution in [0, 0.1) is 0 Å². The Morgan fingerprint density at radius 2 is 1.86 bits per heavy atom. The van der Waals surface area contributed by atoms with Crippen LogP contribution in [0.3, 0.4) is 0 Å². The lowest BCUT2D eigenvalue weighted by molar-refractivity contribution is 0.314. The third-order valence-corrected chi connectivity index (χ3v) is 3.96. The summed E-state index contributed by atoms with van der Waals surface area (Å²) in [5.74, 6) is 2.48. The molecule has 0 saturated carbocycles. The lowest BCUT2D eigenvalue weighted by Crippen LogP contribution is -2.21. The van der Waals surface area contributed by atoms with Gasteiger partial charge in [-0.25, -0.2) is 0 Å². The molecule has 21 heavy (non-hydrogen) atoms. The number of fused-ring (bicyclic) bond motifs is 1. The Kier molecular flexibility index (Phi) is 3.71. The van der Waals surface area contributed by atoms with Crippen molar-refractivity contribution in [3.8, 4) is 17.2 Å². The van der Waals surface area contributed by atoms with Gasteiger partial charge in [0.15, 0.2) is 11.5 Å². The van der Waals surface area contributed by atoms with Crippen LogP contribution in [0.5, 0.6) is 17.2 Å². The molecule has 3 rings (SSSR count). The van der Waals surface area contributed by atoms with Crippen LogP contribution in [0.1, 0.15) is 23.1 Å². The monoisotopic (exact) mass is 285 g/mol. The van der Waals surface area contributed by atoms with Gasteiger partial charge in [0.1, 0.15) is 5.75 Å². The van der Waals surface area contributed by atoms with E-state index in [0.717, 1.165) is 11.3 Å². The molecule has 2 unspecified atom stereocenters. The van der Waals surface area contributed by atoms with Gasteiger partial charge in [-0.3, -0.25) is 0 Å². The first-order valence-corrected chi connectivity index (χ1v) is 6.94. The predicted molar refractivity (Wildman–Crippen MR) is 81.2 cm³/mol. The van der Waals surface area contributed by atoms with Crippen molar-refractivity contribution in [1.82, 2.24) is 0 Å². The zero-order valence-electron chi connectivity index (χ0n) is 12.2. The van der Waals surface area contributed by atoms with Crippen molar-refractivity contribution in [3.05, 3.63) is 53.6 Å².